The van der Waals surface area contributed by atoms with Crippen LogP contribution < -0.4 is 13.4 Å². The minimum absolute atomic E-state index is 0.641. The van der Waals surface area contributed by atoms with E-state index >= 15 is 0 Å². The summed E-state index contributed by atoms with van der Waals surface area (Å²) in [5, 5.41) is 0. The molecule has 0 aromatic heterocycles. The first-order valence-corrected chi connectivity index (χ1v) is 11.8. The van der Waals surface area contributed by atoms with Crippen molar-refractivity contribution in [3.63, 3.8) is 0 Å². The Morgan fingerprint density at radius 3 is 0.929 bits per heavy atom. The fourth-order valence-corrected chi connectivity index (χ4v) is 7.36. The minimum atomic E-state index is -1.38. The van der Waals surface area contributed by atoms with Gasteiger partial charge >= 0.3 is 172 Å². The SMILES string of the molecule is COCc1ccc([Se](c2ccc(COC)cc2)c2ccc(COC)cc2)cc1. The molecule has 0 aliphatic heterocycles. The van der Waals surface area contributed by atoms with Crippen molar-refractivity contribution in [1.82, 2.24) is 0 Å². The van der Waals surface area contributed by atoms with Crippen LogP contribution in [0.15, 0.2) is 72.8 Å². The van der Waals surface area contributed by atoms with Gasteiger partial charge in [0, 0.05) is 0 Å². The van der Waals surface area contributed by atoms with Crippen LogP contribution in [0.1, 0.15) is 16.7 Å². The molecule has 4 heteroatoms. The second-order valence-electron chi connectivity index (χ2n) is 6.54. The van der Waals surface area contributed by atoms with Crippen LogP contribution in [0, 0.1) is 0 Å². The van der Waals surface area contributed by atoms with Crippen LogP contribution in [-0.4, -0.2) is 35.2 Å². The van der Waals surface area contributed by atoms with Crippen LogP contribution in [0.3, 0.4) is 0 Å². The number of methoxy groups -OCH3 is 3. The van der Waals surface area contributed by atoms with Crippen LogP contribution in [0.5, 0.6) is 0 Å². The van der Waals surface area contributed by atoms with Crippen LogP contribution in [0.25, 0.3) is 0 Å². The van der Waals surface area contributed by atoms with Crippen LogP contribution in [0.4, 0.5) is 0 Å². The van der Waals surface area contributed by atoms with Crippen molar-refractivity contribution >= 4 is 27.3 Å². The van der Waals surface area contributed by atoms with E-state index in [0.29, 0.717) is 19.8 Å². The molecule has 0 N–H and O–H groups in total. The van der Waals surface area contributed by atoms with E-state index in [-0.39, 0.29) is 0 Å². The number of rotatable bonds is 9. The van der Waals surface area contributed by atoms with Gasteiger partial charge in [-0.15, -0.1) is 0 Å². The third-order valence-electron chi connectivity index (χ3n) is 4.41. The Morgan fingerprint density at radius 1 is 0.464 bits per heavy atom. The molecule has 3 aromatic carbocycles. The number of hydrogen-bond donors (Lipinski definition) is 0. The van der Waals surface area contributed by atoms with Crippen molar-refractivity contribution < 1.29 is 14.2 Å². The Labute approximate surface area is 172 Å². The molecule has 1 radical (unpaired) electrons. The molecule has 0 amide bonds. The summed E-state index contributed by atoms with van der Waals surface area (Å²) < 4.78 is 19.9. The molecule has 0 saturated heterocycles. The Kier molecular flexibility index (Phi) is 7.84. The summed E-state index contributed by atoms with van der Waals surface area (Å²) in [5.41, 5.74) is 3.59. The van der Waals surface area contributed by atoms with Crippen molar-refractivity contribution in [2.45, 2.75) is 19.8 Å². The maximum atomic E-state index is 5.26. The van der Waals surface area contributed by atoms with Gasteiger partial charge in [-0.3, -0.25) is 0 Å². The molecule has 147 valence electrons. The standard InChI is InChI=1S/C24H27O3Se/c1-25-16-19-4-10-22(11-5-19)28(23-12-6-20(7-13-23)17-26-2)24-14-8-21(9-15-24)18-27-3/h4-15H,16-18H2,1-3H3. The van der Waals surface area contributed by atoms with Crippen molar-refractivity contribution in [1.29, 1.82) is 0 Å². The molecule has 0 unspecified atom stereocenters. The van der Waals surface area contributed by atoms with Crippen molar-refractivity contribution in [3.8, 4) is 0 Å². The molecule has 0 bridgehead atoms. The van der Waals surface area contributed by atoms with E-state index in [0.717, 1.165) is 0 Å². The molecule has 0 atom stereocenters. The molecule has 0 heterocycles. The summed E-state index contributed by atoms with van der Waals surface area (Å²) in [6, 6.07) is 26.6. The van der Waals surface area contributed by atoms with Gasteiger partial charge in [0.25, 0.3) is 0 Å². The Bertz CT molecular complexity index is 725. The molecule has 0 fully saturated rings. The molecule has 3 rings (SSSR count). The van der Waals surface area contributed by atoms with Crippen molar-refractivity contribution in [2.75, 3.05) is 21.3 Å². The summed E-state index contributed by atoms with van der Waals surface area (Å²) in [6.07, 6.45) is 0. The van der Waals surface area contributed by atoms with E-state index in [2.05, 4.69) is 72.8 Å². The van der Waals surface area contributed by atoms with E-state index < -0.39 is 13.9 Å². The zero-order chi connectivity index (χ0) is 19.8. The third-order valence-corrected chi connectivity index (χ3v) is 9.09. The molecule has 0 saturated carbocycles. The molecule has 0 spiro atoms. The summed E-state index contributed by atoms with van der Waals surface area (Å²) in [6.45, 7) is 1.92. The van der Waals surface area contributed by atoms with E-state index in [1.54, 1.807) is 21.3 Å². The Hall–Kier alpha value is -1.94. The van der Waals surface area contributed by atoms with Gasteiger partial charge in [0.05, 0.1) is 0 Å². The van der Waals surface area contributed by atoms with Gasteiger partial charge in [0.15, 0.2) is 0 Å². The van der Waals surface area contributed by atoms with Gasteiger partial charge < -0.3 is 0 Å². The predicted octanol–water partition coefficient (Wildman–Crippen LogP) is 2.64. The molecule has 0 aliphatic carbocycles. The van der Waals surface area contributed by atoms with Gasteiger partial charge in [0.2, 0.25) is 0 Å². The first kappa shape index (κ1) is 20.8. The van der Waals surface area contributed by atoms with Crippen molar-refractivity contribution in [2.24, 2.45) is 0 Å². The van der Waals surface area contributed by atoms with Gasteiger partial charge in [0.1, 0.15) is 0 Å². The Balaban J connectivity index is 1.97. The van der Waals surface area contributed by atoms with Crippen molar-refractivity contribution in [3.05, 3.63) is 89.5 Å². The Morgan fingerprint density at radius 2 is 0.714 bits per heavy atom. The number of ether oxygens (including phenoxy) is 3. The van der Waals surface area contributed by atoms with Crippen LogP contribution in [0.2, 0.25) is 0 Å². The molecule has 0 aliphatic rings. The van der Waals surface area contributed by atoms with Crippen LogP contribution >= 0.6 is 0 Å². The first-order valence-electron chi connectivity index (χ1n) is 9.23. The molecule has 3 aromatic rings. The van der Waals surface area contributed by atoms with Gasteiger partial charge in [-0.25, -0.2) is 0 Å². The monoisotopic (exact) mass is 443 g/mol. The average molecular weight is 442 g/mol. The third kappa shape index (κ3) is 5.32. The summed E-state index contributed by atoms with van der Waals surface area (Å²) in [7, 11) is 5.19. The quantitative estimate of drug-likeness (QED) is 0.477. The zero-order valence-corrected chi connectivity index (χ0v) is 18.4. The molecular weight excluding hydrogens is 415 g/mol. The molecule has 3 nitrogen and oxygen atoms in total. The second-order valence-corrected chi connectivity index (χ2v) is 10.8. The molecule has 28 heavy (non-hydrogen) atoms. The fourth-order valence-electron chi connectivity index (χ4n) is 3.07. The predicted molar refractivity (Wildman–Crippen MR) is 116 cm³/mol. The topological polar surface area (TPSA) is 27.7 Å². The van der Waals surface area contributed by atoms with Gasteiger partial charge in [-0.2, -0.15) is 0 Å². The zero-order valence-electron chi connectivity index (χ0n) is 16.7. The first-order chi connectivity index (χ1) is 13.7. The van der Waals surface area contributed by atoms with Gasteiger partial charge in [-0.05, 0) is 0 Å². The fraction of sp³-hybridized carbons (Fsp3) is 0.250. The van der Waals surface area contributed by atoms with Gasteiger partial charge in [-0.1, -0.05) is 0 Å². The summed E-state index contributed by atoms with van der Waals surface area (Å²) in [5.74, 6) is 0. The van der Waals surface area contributed by atoms with E-state index in [1.807, 2.05) is 0 Å². The maximum absolute atomic E-state index is 5.26. The summed E-state index contributed by atoms with van der Waals surface area (Å²) in [4.78, 5) is 0. The van der Waals surface area contributed by atoms with E-state index in [4.69, 9.17) is 14.2 Å². The van der Waals surface area contributed by atoms with E-state index in [1.165, 1.54) is 30.1 Å². The second kappa shape index (κ2) is 10.6. The van der Waals surface area contributed by atoms with E-state index in [9.17, 15) is 0 Å². The number of hydrogen-bond acceptors (Lipinski definition) is 3. The molecular formula is C24H27O3Se. The van der Waals surface area contributed by atoms with Crippen LogP contribution in [-0.2, 0) is 34.0 Å². The number of benzene rings is 3. The summed E-state index contributed by atoms with van der Waals surface area (Å²) >= 11 is -1.38. The average Bonchev–Trinajstić information content (AvgIpc) is 2.73. The normalized spacial score (nSPS) is 11.1.